The van der Waals surface area contributed by atoms with E-state index in [9.17, 15) is 14.9 Å². The molecule has 0 saturated heterocycles. The summed E-state index contributed by atoms with van der Waals surface area (Å²) in [5, 5.41) is 13.8. The molecular weight excluding hydrogens is 216 g/mol. The van der Waals surface area contributed by atoms with E-state index >= 15 is 0 Å². The molecule has 0 radical (unpaired) electrons. The molecule has 1 aromatic rings. The summed E-state index contributed by atoms with van der Waals surface area (Å²) in [4.78, 5) is 20.5. The van der Waals surface area contributed by atoms with E-state index in [1.165, 1.54) is 6.07 Å². The summed E-state index contributed by atoms with van der Waals surface area (Å²) >= 11 is 0. The molecule has 3 N–H and O–H groups in total. The molecule has 16 heavy (non-hydrogen) atoms. The van der Waals surface area contributed by atoms with E-state index in [4.69, 9.17) is 10.2 Å². The van der Waals surface area contributed by atoms with Crippen LogP contribution in [0, 0.1) is 10.1 Å². The summed E-state index contributed by atoms with van der Waals surface area (Å²) in [5.74, 6) is -0.850. The lowest BCUT2D eigenvalue weighted by molar-refractivity contribution is -0.402. The zero-order chi connectivity index (χ0) is 12.1. The highest BCUT2D eigenvalue weighted by Gasteiger charge is 2.14. The summed E-state index contributed by atoms with van der Waals surface area (Å²) in [6.45, 7) is 1.65. The van der Waals surface area contributed by atoms with Crippen LogP contribution in [0.15, 0.2) is 21.7 Å². The highest BCUT2D eigenvalue weighted by atomic mass is 16.6. The first kappa shape index (κ1) is 11.7. The van der Waals surface area contributed by atoms with Gasteiger partial charge in [0.15, 0.2) is 11.6 Å². The molecule has 1 rings (SSSR count). The second kappa shape index (κ2) is 4.91. The summed E-state index contributed by atoms with van der Waals surface area (Å²) in [5.41, 5.74) is 7.59. The Hall–Kier alpha value is -2.38. The lowest BCUT2D eigenvalue weighted by Gasteiger charge is -1.96. The number of hydrogen-bond acceptors (Lipinski definition) is 5. The number of carbonyl (C=O) groups is 1. The molecule has 0 aromatic carbocycles. The fourth-order valence-electron chi connectivity index (χ4n) is 0.820. The molecule has 86 valence electrons. The van der Waals surface area contributed by atoms with Crippen molar-refractivity contribution in [3.8, 4) is 0 Å². The molecule has 0 saturated carbocycles. The van der Waals surface area contributed by atoms with Gasteiger partial charge in [0, 0.05) is 6.42 Å². The number of amidine groups is 1. The van der Waals surface area contributed by atoms with E-state index in [2.05, 4.69) is 10.5 Å². The SMILES string of the molecule is CCC(=O)N/N=C(/N)c1ccc([N+](=O)[O-])o1. The first-order valence-electron chi connectivity index (χ1n) is 4.41. The van der Waals surface area contributed by atoms with E-state index in [0.717, 1.165) is 6.07 Å². The zero-order valence-electron chi connectivity index (χ0n) is 8.47. The van der Waals surface area contributed by atoms with Gasteiger partial charge < -0.3 is 10.2 Å². The first-order chi connectivity index (χ1) is 7.54. The highest BCUT2D eigenvalue weighted by molar-refractivity contribution is 5.95. The predicted molar refractivity (Wildman–Crippen MR) is 54.5 cm³/mol. The molecule has 1 amide bonds. The number of hydrogen-bond donors (Lipinski definition) is 2. The quantitative estimate of drug-likeness (QED) is 0.331. The largest absolute Gasteiger partial charge is 0.433 e. The van der Waals surface area contributed by atoms with Crippen molar-refractivity contribution in [2.75, 3.05) is 0 Å². The van der Waals surface area contributed by atoms with Crippen LogP contribution in [-0.4, -0.2) is 16.7 Å². The Bertz CT molecular complexity index is 437. The van der Waals surface area contributed by atoms with E-state index in [1.54, 1.807) is 6.92 Å². The van der Waals surface area contributed by atoms with Crippen LogP contribution in [0.5, 0.6) is 0 Å². The summed E-state index contributed by atoms with van der Waals surface area (Å²) in [6, 6.07) is 2.45. The van der Waals surface area contributed by atoms with Crippen LogP contribution in [0.25, 0.3) is 0 Å². The van der Waals surface area contributed by atoms with Crippen LogP contribution in [0.4, 0.5) is 5.88 Å². The molecular formula is C8H10N4O4. The Morgan fingerprint density at radius 1 is 1.69 bits per heavy atom. The van der Waals surface area contributed by atoms with Crippen molar-refractivity contribution in [3.05, 3.63) is 28.0 Å². The Kier molecular flexibility index (Phi) is 3.59. The molecule has 0 fully saturated rings. The number of nitrogens with zero attached hydrogens (tertiary/aromatic N) is 2. The molecule has 0 unspecified atom stereocenters. The zero-order valence-corrected chi connectivity index (χ0v) is 8.47. The maximum atomic E-state index is 10.8. The number of nitrogens with one attached hydrogen (secondary N) is 1. The molecule has 0 atom stereocenters. The van der Waals surface area contributed by atoms with Crippen LogP contribution < -0.4 is 11.2 Å². The molecule has 0 aliphatic heterocycles. The van der Waals surface area contributed by atoms with Crippen LogP contribution >= 0.6 is 0 Å². The van der Waals surface area contributed by atoms with E-state index in [0.29, 0.717) is 0 Å². The third-order valence-corrected chi connectivity index (χ3v) is 1.65. The van der Waals surface area contributed by atoms with Crippen LogP contribution in [0.3, 0.4) is 0 Å². The van der Waals surface area contributed by atoms with Crippen molar-refractivity contribution >= 4 is 17.6 Å². The number of amides is 1. The van der Waals surface area contributed by atoms with Gasteiger partial charge in [0.25, 0.3) is 0 Å². The number of carbonyl (C=O) groups excluding carboxylic acids is 1. The number of nitrogens with two attached hydrogens (primary N) is 1. The Balaban J connectivity index is 2.75. The minimum absolute atomic E-state index is 0.0307. The van der Waals surface area contributed by atoms with E-state index < -0.39 is 10.8 Å². The number of nitro groups is 1. The second-order valence-electron chi connectivity index (χ2n) is 2.78. The van der Waals surface area contributed by atoms with Gasteiger partial charge in [-0.25, -0.2) is 5.43 Å². The molecule has 0 spiro atoms. The van der Waals surface area contributed by atoms with E-state index in [-0.39, 0.29) is 23.9 Å². The van der Waals surface area contributed by atoms with Gasteiger partial charge in [0.05, 0.1) is 6.07 Å². The minimum Gasteiger partial charge on any atom is -0.397 e. The predicted octanol–water partition coefficient (Wildman–Crippen LogP) is 0.334. The van der Waals surface area contributed by atoms with Crippen molar-refractivity contribution in [1.82, 2.24) is 5.43 Å². The molecule has 0 aliphatic carbocycles. The van der Waals surface area contributed by atoms with Crippen LogP contribution in [0.2, 0.25) is 0 Å². The number of furan rings is 1. The van der Waals surface area contributed by atoms with Crippen LogP contribution in [-0.2, 0) is 4.79 Å². The van der Waals surface area contributed by atoms with Gasteiger partial charge in [0.1, 0.15) is 4.92 Å². The second-order valence-corrected chi connectivity index (χ2v) is 2.78. The minimum atomic E-state index is -0.693. The molecule has 8 nitrogen and oxygen atoms in total. The Morgan fingerprint density at radius 2 is 2.38 bits per heavy atom. The fraction of sp³-hybridized carbons (Fsp3) is 0.250. The molecule has 0 aliphatic rings. The van der Waals surface area contributed by atoms with Crippen molar-refractivity contribution in [1.29, 1.82) is 0 Å². The summed E-state index contributed by atoms with van der Waals surface area (Å²) in [7, 11) is 0. The topological polar surface area (TPSA) is 124 Å². The first-order valence-corrected chi connectivity index (χ1v) is 4.41. The average Bonchev–Trinajstić information content (AvgIpc) is 2.74. The maximum absolute atomic E-state index is 10.8. The number of rotatable bonds is 4. The third kappa shape index (κ3) is 2.80. The van der Waals surface area contributed by atoms with E-state index in [1.807, 2.05) is 0 Å². The van der Waals surface area contributed by atoms with Gasteiger partial charge in [0.2, 0.25) is 5.91 Å². The van der Waals surface area contributed by atoms with Crippen molar-refractivity contribution in [2.24, 2.45) is 10.8 Å². The fourth-order valence-corrected chi connectivity index (χ4v) is 0.820. The maximum Gasteiger partial charge on any atom is 0.433 e. The van der Waals surface area contributed by atoms with Gasteiger partial charge in [-0.15, -0.1) is 0 Å². The molecule has 0 bridgehead atoms. The van der Waals surface area contributed by atoms with Crippen molar-refractivity contribution < 1.29 is 14.1 Å². The monoisotopic (exact) mass is 226 g/mol. The lowest BCUT2D eigenvalue weighted by atomic mass is 10.4. The molecule has 1 heterocycles. The summed E-state index contributed by atoms with van der Waals surface area (Å²) in [6.07, 6.45) is 0.259. The third-order valence-electron chi connectivity index (χ3n) is 1.65. The van der Waals surface area contributed by atoms with Gasteiger partial charge in [-0.1, -0.05) is 6.92 Å². The summed E-state index contributed by atoms with van der Waals surface area (Å²) < 4.78 is 4.77. The molecule has 8 heteroatoms. The van der Waals surface area contributed by atoms with Gasteiger partial charge in [-0.05, 0) is 6.07 Å². The van der Waals surface area contributed by atoms with Gasteiger partial charge in [-0.3, -0.25) is 14.9 Å². The van der Waals surface area contributed by atoms with Gasteiger partial charge >= 0.3 is 5.88 Å². The van der Waals surface area contributed by atoms with Crippen molar-refractivity contribution in [3.63, 3.8) is 0 Å². The smallest absolute Gasteiger partial charge is 0.397 e. The standard InChI is InChI=1S/C8H10N4O4/c1-2-6(13)10-11-8(9)5-3-4-7(16-5)12(14)15/h3-4H,2H2,1H3,(H2,9,11)(H,10,13). The van der Waals surface area contributed by atoms with Gasteiger partial charge in [-0.2, -0.15) is 5.10 Å². The highest BCUT2D eigenvalue weighted by Crippen LogP contribution is 2.14. The Labute approximate surface area is 90.3 Å². The normalized spacial score (nSPS) is 11.2. The Morgan fingerprint density at radius 3 is 2.88 bits per heavy atom. The lowest BCUT2D eigenvalue weighted by Crippen LogP contribution is -2.22. The van der Waals surface area contributed by atoms with Crippen LogP contribution in [0.1, 0.15) is 19.1 Å². The average molecular weight is 226 g/mol. The molecule has 1 aromatic heterocycles. The van der Waals surface area contributed by atoms with Crippen molar-refractivity contribution in [2.45, 2.75) is 13.3 Å². The number of hydrazone groups is 1.